The number of rotatable bonds is 3. The number of carbonyl (C=O) groups excluding carboxylic acids is 1. The molecular formula is C15H10F3NO4. The van der Waals surface area contributed by atoms with Crippen molar-refractivity contribution in [3.8, 4) is 17.2 Å². The van der Waals surface area contributed by atoms with Crippen LogP contribution >= 0.6 is 0 Å². The van der Waals surface area contributed by atoms with E-state index in [-0.39, 0.29) is 18.0 Å². The Hall–Kier alpha value is -2.90. The summed E-state index contributed by atoms with van der Waals surface area (Å²) in [4.78, 5) is 12.2. The number of nitrogens with one attached hydrogen (secondary N) is 1. The Morgan fingerprint density at radius 2 is 1.83 bits per heavy atom. The van der Waals surface area contributed by atoms with Gasteiger partial charge in [-0.2, -0.15) is 0 Å². The predicted molar refractivity (Wildman–Crippen MR) is 73.6 cm³/mol. The molecule has 0 bridgehead atoms. The van der Waals surface area contributed by atoms with E-state index in [1.165, 1.54) is 30.3 Å². The van der Waals surface area contributed by atoms with E-state index in [0.29, 0.717) is 11.5 Å². The van der Waals surface area contributed by atoms with Gasteiger partial charge in [0.2, 0.25) is 6.79 Å². The number of fused-ring (bicyclic) bond motifs is 1. The summed E-state index contributed by atoms with van der Waals surface area (Å²) in [7, 11) is 0. The normalized spacial score (nSPS) is 12.8. The van der Waals surface area contributed by atoms with Crippen molar-refractivity contribution in [3.63, 3.8) is 0 Å². The fourth-order valence-corrected chi connectivity index (χ4v) is 2.02. The van der Waals surface area contributed by atoms with Crippen LogP contribution in [0.4, 0.5) is 18.9 Å². The molecule has 0 spiro atoms. The summed E-state index contributed by atoms with van der Waals surface area (Å²) in [5.41, 5.74) is 0.128. The summed E-state index contributed by atoms with van der Waals surface area (Å²) < 4.78 is 51.3. The summed E-state index contributed by atoms with van der Waals surface area (Å²) in [6.45, 7) is 0.0582. The van der Waals surface area contributed by atoms with Gasteiger partial charge in [-0.1, -0.05) is 12.1 Å². The molecule has 0 fully saturated rings. The number of halogens is 3. The van der Waals surface area contributed by atoms with Crippen LogP contribution in [0, 0.1) is 0 Å². The minimum Gasteiger partial charge on any atom is -0.454 e. The van der Waals surface area contributed by atoms with Crippen molar-refractivity contribution in [3.05, 3.63) is 48.0 Å². The molecule has 0 aromatic heterocycles. The maximum Gasteiger partial charge on any atom is 0.573 e. The van der Waals surface area contributed by atoms with Crippen molar-refractivity contribution in [1.82, 2.24) is 0 Å². The van der Waals surface area contributed by atoms with E-state index in [9.17, 15) is 18.0 Å². The zero-order valence-corrected chi connectivity index (χ0v) is 11.5. The SMILES string of the molecule is O=C(Nc1ccccc1OC(F)(F)F)c1ccc2c(c1)OCO2. The Bertz CT molecular complexity index is 746. The van der Waals surface area contributed by atoms with E-state index in [4.69, 9.17) is 9.47 Å². The average molecular weight is 325 g/mol. The smallest absolute Gasteiger partial charge is 0.454 e. The molecule has 1 amide bonds. The lowest BCUT2D eigenvalue weighted by Crippen LogP contribution is -2.19. The first-order valence-corrected chi connectivity index (χ1v) is 6.48. The summed E-state index contributed by atoms with van der Waals surface area (Å²) in [5.74, 6) is -0.185. The highest BCUT2D eigenvalue weighted by atomic mass is 19.4. The average Bonchev–Trinajstić information content (AvgIpc) is 2.95. The molecule has 0 aliphatic carbocycles. The number of hydrogen-bond acceptors (Lipinski definition) is 4. The number of ether oxygens (including phenoxy) is 3. The van der Waals surface area contributed by atoms with Gasteiger partial charge in [-0.25, -0.2) is 0 Å². The molecule has 2 aromatic rings. The van der Waals surface area contributed by atoms with Gasteiger partial charge >= 0.3 is 6.36 Å². The molecule has 1 heterocycles. The van der Waals surface area contributed by atoms with Crippen LogP contribution in [0.5, 0.6) is 17.2 Å². The van der Waals surface area contributed by atoms with Crippen molar-refractivity contribution in [2.45, 2.75) is 6.36 Å². The van der Waals surface area contributed by atoms with Crippen LogP contribution < -0.4 is 19.5 Å². The van der Waals surface area contributed by atoms with E-state index in [0.717, 1.165) is 6.07 Å². The molecule has 3 rings (SSSR count). The highest BCUT2D eigenvalue weighted by molar-refractivity contribution is 6.05. The lowest BCUT2D eigenvalue weighted by molar-refractivity contribution is -0.274. The predicted octanol–water partition coefficient (Wildman–Crippen LogP) is 3.57. The zero-order chi connectivity index (χ0) is 16.4. The Morgan fingerprint density at radius 3 is 2.61 bits per heavy atom. The number of hydrogen-bond donors (Lipinski definition) is 1. The van der Waals surface area contributed by atoms with Gasteiger partial charge < -0.3 is 19.5 Å². The number of para-hydroxylation sites is 2. The first-order chi connectivity index (χ1) is 10.9. The number of alkyl halides is 3. The van der Waals surface area contributed by atoms with Crippen molar-refractivity contribution < 1.29 is 32.2 Å². The largest absolute Gasteiger partial charge is 0.573 e. The minimum atomic E-state index is -4.85. The third-order valence-electron chi connectivity index (χ3n) is 3.00. The van der Waals surface area contributed by atoms with E-state index in [2.05, 4.69) is 10.1 Å². The quantitative estimate of drug-likeness (QED) is 0.937. The van der Waals surface area contributed by atoms with E-state index in [1.807, 2.05) is 0 Å². The highest BCUT2D eigenvalue weighted by Crippen LogP contribution is 2.34. The topological polar surface area (TPSA) is 56.8 Å². The van der Waals surface area contributed by atoms with Crippen LogP contribution in [0.2, 0.25) is 0 Å². The first kappa shape index (κ1) is 15.0. The van der Waals surface area contributed by atoms with E-state index >= 15 is 0 Å². The molecule has 0 atom stereocenters. The lowest BCUT2D eigenvalue weighted by Gasteiger charge is -2.13. The standard InChI is InChI=1S/C15H10F3NO4/c16-15(17,18)23-11-4-2-1-3-10(11)19-14(20)9-5-6-12-13(7-9)22-8-21-12/h1-7H,8H2,(H,19,20). The third-order valence-corrected chi connectivity index (χ3v) is 3.00. The van der Waals surface area contributed by atoms with Crippen LogP contribution in [0.1, 0.15) is 10.4 Å². The molecule has 8 heteroatoms. The molecule has 23 heavy (non-hydrogen) atoms. The van der Waals surface area contributed by atoms with Gasteiger partial charge in [-0.05, 0) is 30.3 Å². The van der Waals surface area contributed by atoms with Crippen LogP contribution in [0.15, 0.2) is 42.5 Å². The summed E-state index contributed by atoms with van der Waals surface area (Å²) in [5, 5.41) is 2.38. The van der Waals surface area contributed by atoms with Gasteiger partial charge in [0, 0.05) is 5.56 Å². The Kier molecular flexibility index (Phi) is 3.73. The summed E-state index contributed by atoms with van der Waals surface area (Å²) in [6.07, 6.45) is -4.85. The first-order valence-electron chi connectivity index (χ1n) is 6.48. The number of anilines is 1. The second kappa shape index (κ2) is 5.71. The molecule has 1 aliphatic rings. The molecule has 1 aliphatic heterocycles. The molecule has 0 unspecified atom stereocenters. The fourth-order valence-electron chi connectivity index (χ4n) is 2.02. The monoisotopic (exact) mass is 325 g/mol. The molecule has 1 N–H and O–H groups in total. The van der Waals surface area contributed by atoms with Crippen LogP contribution in [-0.2, 0) is 0 Å². The van der Waals surface area contributed by atoms with E-state index in [1.54, 1.807) is 6.07 Å². The van der Waals surface area contributed by atoms with Gasteiger partial charge in [0.05, 0.1) is 5.69 Å². The summed E-state index contributed by atoms with van der Waals surface area (Å²) in [6, 6.07) is 9.76. The van der Waals surface area contributed by atoms with Crippen LogP contribution in [0.3, 0.4) is 0 Å². The van der Waals surface area contributed by atoms with Crippen LogP contribution in [-0.4, -0.2) is 19.1 Å². The van der Waals surface area contributed by atoms with Crippen LogP contribution in [0.25, 0.3) is 0 Å². The molecule has 0 saturated heterocycles. The summed E-state index contributed by atoms with van der Waals surface area (Å²) >= 11 is 0. The third kappa shape index (κ3) is 3.47. The maximum atomic E-state index is 12.4. The molecular weight excluding hydrogens is 315 g/mol. The number of benzene rings is 2. The van der Waals surface area contributed by atoms with Crippen molar-refractivity contribution in [2.75, 3.05) is 12.1 Å². The van der Waals surface area contributed by atoms with Gasteiger partial charge in [-0.3, -0.25) is 4.79 Å². The number of carbonyl (C=O) groups is 1. The second-order valence-electron chi connectivity index (χ2n) is 4.57. The maximum absolute atomic E-state index is 12.4. The Balaban J connectivity index is 1.80. The minimum absolute atomic E-state index is 0.0582. The van der Waals surface area contributed by atoms with Crippen molar-refractivity contribution in [2.24, 2.45) is 0 Å². The Morgan fingerprint density at radius 1 is 1.09 bits per heavy atom. The fraction of sp³-hybridized carbons (Fsp3) is 0.133. The van der Waals surface area contributed by atoms with E-state index < -0.39 is 18.0 Å². The molecule has 120 valence electrons. The second-order valence-corrected chi connectivity index (χ2v) is 4.57. The number of amides is 1. The molecule has 2 aromatic carbocycles. The van der Waals surface area contributed by atoms with Crippen molar-refractivity contribution in [1.29, 1.82) is 0 Å². The van der Waals surface area contributed by atoms with Gasteiger partial charge in [0.25, 0.3) is 5.91 Å². The van der Waals surface area contributed by atoms with Gasteiger partial charge in [-0.15, -0.1) is 13.2 Å². The Labute approximate surface area is 128 Å². The lowest BCUT2D eigenvalue weighted by atomic mass is 10.2. The van der Waals surface area contributed by atoms with Gasteiger partial charge in [0.1, 0.15) is 0 Å². The molecule has 5 nitrogen and oxygen atoms in total. The highest BCUT2D eigenvalue weighted by Gasteiger charge is 2.32. The van der Waals surface area contributed by atoms with Gasteiger partial charge in [0.15, 0.2) is 17.2 Å². The molecule has 0 saturated carbocycles. The van der Waals surface area contributed by atoms with Crippen molar-refractivity contribution >= 4 is 11.6 Å². The zero-order valence-electron chi connectivity index (χ0n) is 11.5. The molecule has 0 radical (unpaired) electrons.